The van der Waals surface area contributed by atoms with Crippen molar-refractivity contribution in [3.8, 4) is 11.1 Å². The van der Waals surface area contributed by atoms with Crippen LogP contribution in [0, 0.1) is 12.3 Å². The molecule has 1 fully saturated rings. The van der Waals surface area contributed by atoms with Crippen LogP contribution in [0.3, 0.4) is 0 Å². The summed E-state index contributed by atoms with van der Waals surface area (Å²) in [4.78, 5) is 26.8. The third-order valence-electron chi connectivity index (χ3n) is 4.96. The smallest absolute Gasteiger partial charge is 0.254 e. The van der Waals surface area contributed by atoms with Gasteiger partial charge in [0.1, 0.15) is 6.04 Å². The Morgan fingerprint density at radius 1 is 1.18 bits per heavy atom. The van der Waals surface area contributed by atoms with Crippen LogP contribution in [0.15, 0.2) is 48.5 Å². The summed E-state index contributed by atoms with van der Waals surface area (Å²) in [5.74, 6) is -0.526. The van der Waals surface area contributed by atoms with Crippen molar-refractivity contribution >= 4 is 17.5 Å². The first kappa shape index (κ1) is 19.8. The van der Waals surface area contributed by atoms with Crippen molar-refractivity contribution in [2.24, 2.45) is 0 Å². The summed E-state index contributed by atoms with van der Waals surface area (Å²) >= 11 is 0. The molecule has 0 bridgehead atoms. The number of hydrogen-bond donors (Lipinski definition) is 3. The standard InChI is InChI=1S/C22H25N3O3/c1-15-5-2-3-6-19(15)16-7-9-17(10-8-16)22(28)25-14-18(23)13-20(25)21(27)24-11-4-12-26/h2-3,5-10,20,23,26H,4,11-14H2,1H3,(H,24,27)/t20-/m0/s1. The van der Waals surface area contributed by atoms with Crippen molar-refractivity contribution in [1.29, 1.82) is 5.41 Å². The molecule has 1 saturated heterocycles. The van der Waals surface area contributed by atoms with Crippen LogP contribution in [-0.4, -0.2) is 53.3 Å². The van der Waals surface area contributed by atoms with E-state index < -0.39 is 6.04 Å². The molecular weight excluding hydrogens is 354 g/mol. The number of hydrogen-bond acceptors (Lipinski definition) is 4. The second kappa shape index (κ2) is 8.80. The maximum Gasteiger partial charge on any atom is 0.254 e. The maximum atomic E-state index is 13.0. The molecule has 0 radical (unpaired) electrons. The molecule has 1 atom stereocenters. The van der Waals surface area contributed by atoms with Gasteiger partial charge in [-0.3, -0.25) is 9.59 Å². The molecule has 146 valence electrons. The quantitative estimate of drug-likeness (QED) is 0.673. The van der Waals surface area contributed by atoms with Gasteiger partial charge in [0.05, 0.1) is 6.54 Å². The van der Waals surface area contributed by atoms with Crippen LogP contribution in [0.2, 0.25) is 0 Å². The molecule has 0 aliphatic carbocycles. The lowest BCUT2D eigenvalue weighted by atomic mass is 9.99. The topological polar surface area (TPSA) is 93.5 Å². The van der Waals surface area contributed by atoms with Crippen LogP contribution in [0.5, 0.6) is 0 Å². The molecule has 28 heavy (non-hydrogen) atoms. The number of rotatable bonds is 6. The summed E-state index contributed by atoms with van der Waals surface area (Å²) < 4.78 is 0. The van der Waals surface area contributed by atoms with Crippen molar-refractivity contribution in [3.63, 3.8) is 0 Å². The Hall–Kier alpha value is -2.99. The minimum Gasteiger partial charge on any atom is -0.396 e. The number of aliphatic hydroxyl groups is 1. The van der Waals surface area contributed by atoms with Gasteiger partial charge in [-0.2, -0.15) is 0 Å². The Morgan fingerprint density at radius 3 is 2.57 bits per heavy atom. The SMILES string of the molecule is Cc1ccccc1-c1ccc(C(=O)N2CC(=N)C[C@H]2C(=O)NCCCO)cc1. The molecule has 0 spiro atoms. The Balaban J connectivity index is 1.75. The molecule has 0 saturated carbocycles. The van der Waals surface area contributed by atoms with Crippen LogP contribution in [0.1, 0.15) is 28.8 Å². The molecular formula is C22H25N3O3. The third-order valence-corrected chi connectivity index (χ3v) is 4.96. The molecule has 6 heteroatoms. The largest absolute Gasteiger partial charge is 0.396 e. The van der Waals surface area contributed by atoms with E-state index in [1.54, 1.807) is 12.1 Å². The zero-order valence-electron chi connectivity index (χ0n) is 15.9. The molecule has 1 aliphatic rings. The Labute approximate surface area is 164 Å². The molecule has 6 nitrogen and oxygen atoms in total. The fraction of sp³-hybridized carbons (Fsp3) is 0.318. The first-order valence-electron chi connectivity index (χ1n) is 9.43. The van der Waals surface area contributed by atoms with Gasteiger partial charge in [-0.25, -0.2) is 0 Å². The normalized spacial score (nSPS) is 16.3. The van der Waals surface area contributed by atoms with Crippen molar-refractivity contribution < 1.29 is 14.7 Å². The van der Waals surface area contributed by atoms with E-state index in [2.05, 4.69) is 5.32 Å². The summed E-state index contributed by atoms with van der Waals surface area (Å²) in [6.45, 7) is 2.56. The predicted octanol–water partition coefficient (Wildman–Crippen LogP) is 2.39. The summed E-state index contributed by atoms with van der Waals surface area (Å²) in [6, 6.07) is 14.8. The zero-order chi connectivity index (χ0) is 20.1. The minimum atomic E-state index is -0.672. The molecule has 2 aromatic carbocycles. The van der Waals surface area contributed by atoms with Gasteiger partial charge in [0.15, 0.2) is 0 Å². The molecule has 3 rings (SSSR count). The summed E-state index contributed by atoms with van der Waals surface area (Å²) in [6.07, 6.45) is 0.711. The number of nitrogens with zero attached hydrogens (tertiary/aromatic N) is 1. The number of amides is 2. The lowest BCUT2D eigenvalue weighted by molar-refractivity contribution is -0.124. The number of carbonyl (C=O) groups excluding carboxylic acids is 2. The van der Waals surface area contributed by atoms with Gasteiger partial charge < -0.3 is 20.7 Å². The average molecular weight is 379 g/mol. The molecule has 2 amide bonds. The van der Waals surface area contributed by atoms with Gasteiger partial charge in [-0.05, 0) is 42.2 Å². The third kappa shape index (κ3) is 4.28. The number of benzene rings is 2. The Kier molecular flexibility index (Phi) is 6.21. The molecule has 3 N–H and O–H groups in total. The van der Waals surface area contributed by atoms with Crippen LogP contribution in [-0.2, 0) is 4.79 Å². The highest BCUT2D eigenvalue weighted by Crippen LogP contribution is 2.25. The van der Waals surface area contributed by atoms with Crippen molar-refractivity contribution in [2.75, 3.05) is 19.7 Å². The van der Waals surface area contributed by atoms with Gasteiger partial charge in [-0.1, -0.05) is 36.4 Å². The van der Waals surface area contributed by atoms with Gasteiger partial charge in [0.25, 0.3) is 5.91 Å². The molecule has 0 unspecified atom stereocenters. The highest BCUT2D eigenvalue weighted by Gasteiger charge is 2.37. The number of likely N-dealkylation sites (tertiary alicyclic amines) is 1. The Morgan fingerprint density at radius 2 is 1.89 bits per heavy atom. The van der Waals surface area contributed by atoms with Crippen LogP contribution >= 0.6 is 0 Å². The zero-order valence-corrected chi connectivity index (χ0v) is 15.9. The van der Waals surface area contributed by atoms with E-state index in [9.17, 15) is 9.59 Å². The van der Waals surface area contributed by atoms with E-state index in [-0.39, 0.29) is 31.4 Å². The molecule has 0 aromatic heterocycles. The first-order valence-corrected chi connectivity index (χ1v) is 9.43. The number of aliphatic hydroxyl groups excluding tert-OH is 1. The monoisotopic (exact) mass is 379 g/mol. The van der Waals surface area contributed by atoms with E-state index in [0.717, 1.165) is 16.7 Å². The highest BCUT2D eigenvalue weighted by molar-refractivity contribution is 6.04. The Bertz CT molecular complexity index is 877. The van der Waals surface area contributed by atoms with Crippen LogP contribution < -0.4 is 5.32 Å². The van der Waals surface area contributed by atoms with Crippen molar-refractivity contribution in [3.05, 3.63) is 59.7 Å². The summed E-state index contributed by atoms with van der Waals surface area (Å²) in [5.41, 5.74) is 4.18. The van der Waals surface area contributed by atoms with E-state index >= 15 is 0 Å². The predicted molar refractivity (Wildman–Crippen MR) is 108 cm³/mol. The minimum absolute atomic E-state index is 0.00333. The van der Waals surface area contributed by atoms with Crippen molar-refractivity contribution in [1.82, 2.24) is 10.2 Å². The number of carbonyl (C=O) groups is 2. The van der Waals surface area contributed by atoms with Gasteiger partial charge in [0.2, 0.25) is 5.91 Å². The van der Waals surface area contributed by atoms with Crippen molar-refractivity contribution in [2.45, 2.75) is 25.8 Å². The van der Waals surface area contributed by atoms with Crippen LogP contribution in [0.4, 0.5) is 0 Å². The second-order valence-corrected chi connectivity index (χ2v) is 7.02. The summed E-state index contributed by atoms with van der Waals surface area (Å²) in [7, 11) is 0. The van der Waals surface area contributed by atoms with Crippen LogP contribution in [0.25, 0.3) is 11.1 Å². The summed E-state index contributed by atoms with van der Waals surface area (Å²) in [5, 5.41) is 19.5. The highest BCUT2D eigenvalue weighted by atomic mass is 16.3. The van der Waals surface area contributed by atoms with E-state index in [0.29, 0.717) is 24.2 Å². The van der Waals surface area contributed by atoms with E-state index in [1.165, 1.54) is 4.90 Å². The van der Waals surface area contributed by atoms with Gasteiger partial charge in [-0.15, -0.1) is 0 Å². The lowest BCUT2D eigenvalue weighted by Gasteiger charge is -2.23. The lowest BCUT2D eigenvalue weighted by Crippen LogP contribution is -2.46. The molecule has 1 heterocycles. The van der Waals surface area contributed by atoms with Gasteiger partial charge in [0, 0.05) is 30.8 Å². The fourth-order valence-corrected chi connectivity index (χ4v) is 3.43. The number of nitrogens with one attached hydrogen (secondary N) is 2. The van der Waals surface area contributed by atoms with Gasteiger partial charge >= 0.3 is 0 Å². The average Bonchev–Trinajstić information content (AvgIpc) is 3.10. The number of aryl methyl sites for hydroxylation is 1. The fourth-order valence-electron chi connectivity index (χ4n) is 3.43. The molecule has 2 aromatic rings. The van der Waals surface area contributed by atoms with E-state index in [4.69, 9.17) is 10.5 Å². The molecule has 1 aliphatic heterocycles. The van der Waals surface area contributed by atoms with E-state index in [1.807, 2.05) is 43.3 Å². The second-order valence-electron chi connectivity index (χ2n) is 7.02. The maximum absolute atomic E-state index is 13.0. The first-order chi connectivity index (χ1) is 13.5.